The molecule has 2 rings (SSSR count). The summed E-state index contributed by atoms with van der Waals surface area (Å²) in [5, 5.41) is 0. The van der Waals surface area contributed by atoms with Crippen LogP contribution in [0.5, 0.6) is 0 Å². The molecule has 0 atom stereocenters. The minimum Gasteiger partial charge on any atom is -0.218 e. The van der Waals surface area contributed by atoms with Gasteiger partial charge >= 0.3 is 6.18 Å². The van der Waals surface area contributed by atoms with Crippen molar-refractivity contribution in [2.75, 3.05) is 0 Å². The van der Waals surface area contributed by atoms with Gasteiger partial charge in [-0.05, 0) is 24.3 Å². The SMILES string of the molecule is O=S(=O)(Cl)c1cccc(S(=O)(=O)c2ccccc2)c1C(F)(F)F. The van der Waals surface area contributed by atoms with Crippen molar-refractivity contribution in [1.29, 1.82) is 0 Å². The molecule has 4 nitrogen and oxygen atoms in total. The second-order valence-electron chi connectivity index (χ2n) is 4.38. The van der Waals surface area contributed by atoms with Gasteiger partial charge in [-0.15, -0.1) is 0 Å². The van der Waals surface area contributed by atoms with Crippen LogP contribution in [0.1, 0.15) is 5.56 Å². The molecule has 0 aromatic heterocycles. The molecule has 0 heterocycles. The maximum absolute atomic E-state index is 13.3. The Bertz CT molecular complexity index is 937. The normalized spacial score (nSPS) is 13.0. The summed E-state index contributed by atoms with van der Waals surface area (Å²) in [5.74, 6) is 0. The van der Waals surface area contributed by atoms with Gasteiger partial charge in [0.2, 0.25) is 9.84 Å². The van der Waals surface area contributed by atoms with Gasteiger partial charge in [0.25, 0.3) is 9.05 Å². The highest BCUT2D eigenvalue weighted by Gasteiger charge is 2.42. The summed E-state index contributed by atoms with van der Waals surface area (Å²) >= 11 is 0. The molecule has 0 saturated heterocycles. The van der Waals surface area contributed by atoms with Gasteiger partial charge in [-0.1, -0.05) is 24.3 Å². The molecule has 0 radical (unpaired) electrons. The summed E-state index contributed by atoms with van der Waals surface area (Å²) in [7, 11) is -4.36. The molecule has 2 aromatic rings. The van der Waals surface area contributed by atoms with E-state index < -0.39 is 45.3 Å². The van der Waals surface area contributed by atoms with Crippen LogP contribution in [0.25, 0.3) is 0 Å². The lowest BCUT2D eigenvalue weighted by Crippen LogP contribution is -2.17. The summed E-state index contributed by atoms with van der Waals surface area (Å²) in [6, 6.07) is 8.56. The van der Waals surface area contributed by atoms with Crippen LogP contribution in [0.15, 0.2) is 63.2 Å². The van der Waals surface area contributed by atoms with E-state index in [-0.39, 0.29) is 0 Å². The largest absolute Gasteiger partial charge is 0.418 e. The molecule has 0 N–H and O–H groups in total. The summed E-state index contributed by atoms with van der Waals surface area (Å²) in [5.41, 5.74) is -1.81. The average molecular weight is 385 g/mol. The number of hydrogen-bond acceptors (Lipinski definition) is 4. The summed E-state index contributed by atoms with van der Waals surface area (Å²) in [6.07, 6.45) is -5.23. The van der Waals surface area contributed by atoms with Gasteiger partial charge in [-0.2, -0.15) is 13.2 Å². The fourth-order valence-corrected chi connectivity index (χ4v) is 4.63. The molecule has 0 aliphatic carbocycles. The van der Waals surface area contributed by atoms with Gasteiger partial charge in [0.15, 0.2) is 0 Å². The van der Waals surface area contributed by atoms with Crippen LogP contribution in [-0.2, 0) is 25.1 Å². The van der Waals surface area contributed by atoms with E-state index >= 15 is 0 Å². The van der Waals surface area contributed by atoms with E-state index in [1.165, 1.54) is 18.2 Å². The van der Waals surface area contributed by atoms with E-state index in [2.05, 4.69) is 0 Å². The zero-order valence-corrected chi connectivity index (χ0v) is 13.5. The van der Waals surface area contributed by atoms with Crippen LogP contribution in [-0.4, -0.2) is 16.8 Å². The van der Waals surface area contributed by atoms with E-state index in [0.717, 1.165) is 18.2 Å². The Morgan fingerprint density at radius 3 is 1.78 bits per heavy atom. The van der Waals surface area contributed by atoms with E-state index in [0.29, 0.717) is 12.1 Å². The molecule has 0 bridgehead atoms. The molecular weight excluding hydrogens is 377 g/mol. The van der Waals surface area contributed by atoms with Crippen molar-refractivity contribution in [2.24, 2.45) is 0 Å². The highest BCUT2D eigenvalue weighted by atomic mass is 35.7. The smallest absolute Gasteiger partial charge is 0.218 e. The standard InChI is InChI=1S/C13H8ClF3O4S2/c14-23(20,21)11-8-4-7-10(12(11)13(15,16)17)22(18,19)9-5-2-1-3-6-9/h1-8H. The van der Waals surface area contributed by atoms with Crippen molar-refractivity contribution in [3.8, 4) is 0 Å². The lowest BCUT2D eigenvalue weighted by molar-refractivity contribution is -0.142. The number of sulfone groups is 1. The van der Waals surface area contributed by atoms with Gasteiger partial charge in [-0.25, -0.2) is 16.8 Å². The molecule has 0 spiro atoms. The maximum Gasteiger partial charge on any atom is 0.418 e. The van der Waals surface area contributed by atoms with Crippen molar-refractivity contribution in [3.63, 3.8) is 0 Å². The Kier molecular flexibility index (Phi) is 4.49. The van der Waals surface area contributed by atoms with Crippen molar-refractivity contribution in [1.82, 2.24) is 0 Å². The van der Waals surface area contributed by atoms with Gasteiger partial charge in [-0.3, -0.25) is 0 Å². The van der Waals surface area contributed by atoms with Gasteiger partial charge in [0.05, 0.1) is 20.2 Å². The van der Waals surface area contributed by atoms with Gasteiger partial charge in [0.1, 0.15) is 0 Å². The lowest BCUT2D eigenvalue weighted by Gasteiger charge is -2.16. The molecule has 0 saturated carbocycles. The monoisotopic (exact) mass is 384 g/mol. The average Bonchev–Trinajstić information content (AvgIpc) is 2.45. The third-order valence-corrected chi connectivity index (χ3v) is 6.05. The quantitative estimate of drug-likeness (QED) is 0.760. The second kappa shape index (κ2) is 5.81. The van der Waals surface area contributed by atoms with E-state index in [4.69, 9.17) is 10.7 Å². The van der Waals surface area contributed by atoms with Gasteiger partial charge in [0, 0.05) is 10.7 Å². The van der Waals surface area contributed by atoms with Crippen molar-refractivity contribution in [3.05, 3.63) is 54.1 Å². The fourth-order valence-electron chi connectivity index (χ4n) is 1.94. The van der Waals surface area contributed by atoms with Crippen LogP contribution >= 0.6 is 10.7 Å². The highest BCUT2D eigenvalue weighted by Crippen LogP contribution is 2.41. The minimum absolute atomic E-state index is 0.394. The van der Waals surface area contributed by atoms with E-state index in [9.17, 15) is 30.0 Å². The maximum atomic E-state index is 13.3. The molecular formula is C13H8ClF3O4S2. The Balaban J connectivity index is 2.90. The fraction of sp³-hybridized carbons (Fsp3) is 0.0769. The first-order valence-corrected chi connectivity index (χ1v) is 9.70. The van der Waals surface area contributed by atoms with Crippen LogP contribution in [0.3, 0.4) is 0 Å². The zero-order chi connectivity index (χ0) is 17.5. The third-order valence-electron chi connectivity index (χ3n) is 2.88. The van der Waals surface area contributed by atoms with Crippen molar-refractivity contribution in [2.45, 2.75) is 20.9 Å². The Morgan fingerprint density at radius 2 is 1.30 bits per heavy atom. The predicted molar refractivity (Wildman–Crippen MR) is 76.4 cm³/mol. The van der Waals surface area contributed by atoms with Crippen LogP contribution in [0.2, 0.25) is 0 Å². The summed E-state index contributed by atoms with van der Waals surface area (Å²) in [4.78, 5) is -2.86. The predicted octanol–water partition coefficient (Wildman–Crippen LogP) is 3.47. The second-order valence-corrected chi connectivity index (χ2v) is 8.83. The molecule has 0 fully saturated rings. The first-order chi connectivity index (χ1) is 10.5. The molecule has 23 heavy (non-hydrogen) atoms. The lowest BCUT2D eigenvalue weighted by atomic mass is 10.2. The topological polar surface area (TPSA) is 68.3 Å². The van der Waals surface area contributed by atoms with Crippen molar-refractivity contribution >= 4 is 29.6 Å². The Labute approximate surface area is 134 Å². The molecule has 2 aromatic carbocycles. The van der Waals surface area contributed by atoms with Gasteiger partial charge < -0.3 is 0 Å². The summed E-state index contributed by atoms with van der Waals surface area (Å²) < 4.78 is 87.6. The van der Waals surface area contributed by atoms with E-state index in [1.54, 1.807) is 0 Å². The van der Waals surface area contributed by atoms with Crippen LogP contribution in [0, 0.1) is 0 Å². The molecule has 0 unspecified atom stereocenters. The highest BCUT2D eigenvalue weighted by molar-refractivity contribution is 8.13. The molecule has 124 valence electrons. The molecule has 0 amide bonds. The zero-order valence-electron chi connectivity index (χ0n) is 11.1. The number of halogens is 4. The third kappa shape index (κ3) is 3.51. The number of alkyl halides is 3. The first kappa shape index (κ1) is 17.8. The molecule has 10 heteroatoms. The molecule has 0 aliphatic heterocycles. The van der Waals surface area contributed by atoms with Crippen LogP contribution < -0.4 is 0 Å². The van der Waals surface area contributed by atoms with E-state index in [1.807, 2.05) is 0 Å². The first-order valence-electron chi connectivity index (χ1n) is 5.90. The number of hydrogen-bond donors (Lipinski definition) is 0. The Hall–Kier alpha value is -1.58. The minimum atomic E-state index is -5.23. The number of benzene rings is 2. The van der Waals surface area contributed by atoms with Crippen molar-refractivity contribution < 1.29 is 30.0 Å². The number of rotatable bonds is 3. The Morgan fingerprint density at radius 1 is 0.783 bits per heavy atom. The molecule has 0 aliphatic rings. The van der Waals surface area contributed by atoms with Crippen LogP contribution in [0.4, 0.5) is 13.2 Å². The summed E-state index contributed by atoms with van der Waals surface area (Å²) in [6.45, 7) is 0.